The predicted molar refractivity (Wildman–Crippen MR) is 283 cm³/mol. The molecule has 2 rings (SSSR count). The number of allylic oxidation sites excluding steroid dienone is 2. The van der Waals surface area contributed by atoms with Crippen LogP contribution >= 0.6 is 11.3 Å². The second-order valence-electron chi connectivity index (χ2n) is 18.3. The number of carbonyl (C=O) groups excluding carboxylic acids is 4. The molecule has 0 fully saturated rings. The molecule has 0 aromatic carbocycles. The number of ether oxygens (including phenoxy) is 1. The van der Waals surface area contributed by atoms with E-state index in [9.17, 15) is 19.2 Å². The number of aryl methyl sites for hydroxylation is 1. The molecular weight excluding hydrogens is 827 g/mol. The van der Waals surface area contributed by atoms with Crippen molar-refractivity contribution < 1.29 is 23.9 Å². The molecule has 0 radical (unpaired) electrons. The van der Waals surface area contributed by atoms with Gasteiger partial charge in [-0.3, -0.25) is 9.59 Å². The number of aldehydes is 2. The fourth-order valence-corrected chi connectivity index (χ4v) is 9.20. The Kier molecular flexibility index (Phi) is 49.3. The van der Waals surface area contributed by atoms with Crippen LogP contribution in [0.5, 0.6) is 0 Å². The maximum absolute atomic E-state index is 12.4. The number of likely N-dealkylation sites (N-methyl/N-ethyl adjacent to an activating group) is 1. The molecule has 0 bridgehead atoms. The highest BCUT2D eigenvalue weighted by atomic mass is 32.1. The van der Waals surface area contributed by atoms with E-state index < -0.39 is 0 Å². The van der Waals surface area contributed by atoms with Crippen LogP contribution in [0.25, 0.3) is 0 Å². The van der Waals surface area contributed by atoms with Crippen LogP contribution in [0.1, 0.15) is 259 Å². The molecule has 2 heterocycles. The van der Waals surface area contributed by atoms with Crippen molar-refractivity contribution in [1.82, 2.24) is 15.1 Å². The number of nitrogens with zero attached hydrogens (tertiary/aromatic N) is 2. The molecule has 1 aromatic heterocycles. The maximum atomic E-state index is 12.4. The van der Waals surface area contributed by atoms with Crippen molar-refractivity contribution in [3.63, 3.8) is 0 Å². The molecule has 0 aliphatic carbocycles. The van der Waals surface area contributed by atoms with Gasteiger partial charge in [-0.2, -0.15) is 0 Å². The fourth-order valence-electron chi connectivity index (χ4n) is 7.90. The highest BCUT2D eigenvalue weighted by molar-refractivity contribution is 7.12. The summed E-state index contributed by atoms with van der Waals surface area (Å²) in [6, 6.07) is 0. The minimum absolute atomic E-state index is 0.0765. The van der Waals surface area contributed by atoms with Gasteiger partial charge in [0.15, 0.2) is 0 Å². The number of hydrogen-bond acceptors (Lipinski definition) is 8. The zero-order valence-electron chi connectivity index (χ0n) is 44.2. The number of fused-ring (bicyclic) bond motifs is 1. The summed E-state index contributed by atoms with van der Waals surface area (Å²) in [7, 11) is 6.24. The molecule has 1 amide bonds. The monoisotopic (exact) mass is 932 g/mol. The molecule has 0 saturated heterocycles. The van der Waals surface area contributed by atoms with Gasteiger partial charge >= 0.3 is 5.97 Å². The van der Waals surface area contributed by atoms with E-state index >= 15 is 0 Å². The van der Waals surface area contributed by atoms with Crippen LogP contribution in [0.3, 0.4) is 0 Å². The van der Waals surface area contributed by atoms with Crippen molar-refractivity contribution in [2.24, 2.45) is 0 Å². The lowest BCUT2D eigenvalue weighted by Crippen LogP contribution is -2.30. The first-order valence-electron chi connectivity index (χ1n) is 27.1. The molecule has 1 atom stereocenters. The number of carbonyl (C=O) groups is 4. The molecule has 9 heteroatoms. The average Bonchev–Trinajstić information content (AvgIpc) is 3.63. The summed E-state index contributed by atoms with van der Waals surface area (Å²) in [5, 5.41) is 3.07. The van der Waals surface area contributed by atoms with Gasteiger partial charge in [0.2, 0.25) is 0 Å². The third-order valence-corrected chi connectivity index (χ3v) is 12.9. The topological polar surface area (TPSA) is 96.0 Å². The van der Waals surface area contributed by atoms with E-state index in [1.165, 1.54) is 145 Å². The van der Waals surface area contributed by atoms with E-state index in [4.69, 9.17) is 4.74 Å². The number of nitrogens with one attached hydrogen (secondary N) is 1. The van der Waals surface area contributed by atoms with E-state index in [0.717, 1.165) is 107 Å². The Balaban J connectivity index is 0. The number of hydrogen-bond donors (Lipinski definition) is 1. The van der Waals surface area contributed by atoms with Gasteiger partial charge < -0.3 is 29.4 Å². The summed E-state index contributed by atoms with van der Waals surface area (Å²) in [6.07, 6.45) is 43.7. The quantitative estimate of drug-likeness (QED) is 0.0305. The second-order valence-corrected chi connectivity index (χ2v) is 19.6. The summed E-state index contributed by atoms with van der Waals surface area (Å²) in [4.78, 5) is 51.8. The molecule has 0 spiro atoms. The summed E-state index contributed by atoms with van der Waals surface area (Å²) >= 11 is 1.78. The standard InChI is InChI=1S/C21H40O3.C18H34O.C15H25N3OS.C2H6/c1-3-5-7-9-10-13-17-20(16-12-8-6-4-2)24-21(23)18-14-11-15-19-22;1-2-3-4-5-6-7-8-9-10-11-12-13-14-15-16-17-18-19;1-11-14(15(19)16-7-5-8-17(2)3)12-6-9-18(4)10-13(12)20-11;1-2/h19-20H,3-18H2,1-2H3;9-10,18H,2-8,11-17H2,1H3;5-10H2,1-4H3,(H,16,19);1-2H3/b;10-9-;;. The lowest BCUT2D eigenvalue weighted by atomic mass is 10.0. The Labute approximate surface area is 406 Å². The van der Waals surface area contributed by atoms with Crippen molar-refractivity contribution in [3.8, 4) is 0 Å². The molecule has 0 saturated carbocycles. The van der Waals surface area contributed by atoms with Crippen LogP contribution in [0.2, 0.25) is 0 Å². The SMILES string of the molecule is CC.CCCCCCCC/C=C\CCCCCCCC=O.CCCCCCCCC(CCCCCC)OC(=O)CCCCC=O.Cc1sc2c(c1C(=O)NCCCN(C)C)CCN(C)C2. The number of amides is 1. The van der Waals surface area contributed by atoms with Crippen LogP contribution < -0.4 is 5.32 Å². The first kappa shape index (κ1) is 64.7. The molecule has 1 aliphatic heterocycles. The highest BCUT2D eigenvalue weighted by Gasteiger charge is 2.25. The molecule has 1 aliphatic rings. The van der Waals surface area contributed by atoms with Crippen LogP contribution in [0, 0.1) is 6.92 Å². The first-order valence-corrected chi connectivity index (χ1v) is 27.9. The summed E-state index contributed by atoms with van der Waals surface area (Å²) in [5.74, 6) is 0.0377. The van der Waals surface area contributed by atoms with Crippen LogP contribution in [0.15, 0.2) is 12.2 Å². The minimum Gasteiger partial charge on any atom is -0.462 e. The lowest BCUT2D eigenvalue weighted by molar-refractivity contribution is -0.150. The molecule has 380 valence electrons. The van der Waals surface area contributed by atoms with Crippen molar-refractivity contribution in [2.75, 3.05) is 40.8 Å². The molecule has 1 unspecified atom stereocenters. The van der Waals surface area contributed by atoms with Crippen LogP contribution in [-0.2, 0) is 32.1 Å². The number of unbranched alkanes of at least 4 members (excludes halogenated alkanes) is 22. The third-order valence-electron chi connectivity index (χ3n) is 11.8. The fraction of sp³-hybridized carbons (Fsp3) is 0.821. The van der Waals surface area contributed by atoms with E-state index in [1.807, 2.05) is 13.8 Å². The Bertz CT molecular complexity index is 1260. The molecule has 65 heavy (non-hydrogen) atoms. The lowest BCUT2D eigenvalue weighted by Gasteiger charge is -2.22. The van der Waals surface area contributed by atoms with E-state index in [1.54, 1.807) is 11.3 Å². The summed E-state index contributed by atoms with van der Waals surface area (Å²) < 4.78 is 5.71. The van der Waals surface area contributed by atoms with E-state index in [0.29, 0.717) is 12.8 Å². The molecule has 1 aromatic rings. The van der Waals surface area contributed by atoms with Crippen molar-refractivity contribution >= 4 is 35.8 Å². The molecule has 1 N–H and O–H groups in total. The van der Waals surface area contributed by atoms with Gasteiger partial charge in [-0.1, -0.05) is 150 Å². The zero-order valence-corrected chi connectivity index (χ0v) is 45.0. The number of esters is 1. The smallest absolute Gasteiger partial charge is 0.306 e. The van der Waals surface area contributed by atoms with Gasteiger partial charge in [-0.25, -0.2) is 0 Å². The Morgan fingerprint density at radius 2 is 1.14 bits per heavy atom. The molecule has 8 nitrogen and oxygen atoms in total. The Morgan fingerprint density at radius 3 is 1.65 bits per heavy atom. The Morgan fingerprint density at radius 1 is 0.677 bits per heavy atom. The van der Waals surface area contributed by atoms with Gasteiger partial charge in [0.05, 0.1) is 5.56 Å². The average molecular weight is 933 g/mol. The first-order chi connectivity index (χ1) is 31.6. The van der Waals surface area contributed by atoms with E-state index in [2.05, 4.69) is 76.1 Å². The van der Waals surface area contributed by atoms with Crippen LogP contribution in [-0.4, -0.2) is 81.1 Å². The maximum Gasteiger partial charge on any atom is 0.306 e. The van der Waals surface area contributed by atoms with Crippen LogP contribution in [0.4, 0.5) is 0 Å². The Hall–Kier alpha value is -2.36. The third kappa shape index (κ3) is 40.4. The van der Waals surface area contributed by atoms with Crippen molar-refractivity contribution in [3.05, 3.63) is 33.0 Å². The van der Waals surface area contributed by atoms with Gasteiger partial charge in [-0.15, -0.1) is 11.3 Å². The second kappa shape index (κ2) is 49.5. The van der Waals surface area contributed by atoms with Gasteiger partial charge in [0.25, 0.3) is 5.91 Å². The predicted octanol–water partition coefficient (Wildman–Crippen LogP) is 15.4. The van der Waals surface area contributed by atoms with Gasteiger partial charge in [-0.05, 0) is 124 Å². The highest BCUT2D eigenvalue weighted by Crippen LogP contribution is 2.32. The minimum atomic E-state index is -0.0765. The normalized spacial score (nSPS) is 12.6. The van der Waals surface area contributed by atoms with Gasteiger partial charge in [0, 0.05) is 48.7 Å². The van der Waals surface area contributed by atoms with Crippen molar-refractivity contribution in [1.29, 1.82) is 0 Å². The molecular formula is C56H105N3O5S. The largest absolute Gasteiger partial charge is 0.462 e. The zero-order chi connectivity index (χ0) is 48.6. The van der Waals surface area contributed by atoms with E-state index in [-0.39, 0.29) is 18.0 Å². The van der Waals surface area contributed by atoms with Gasteiger partial charge in [0.1, 0.15) is 18.7 Å². The summed E-state index contributed by atoms with van der Waals surface area (Å²) in [5.41, 5.74) is 2.23. The number of thiophene rings is 1. The number of rotatable bonds is 38. The summed E-state index contributed by atoms with van der Waals surface area (Å²) in [6.45, 7) is 16.6. The van der Waals surface area contributed by atoms with Crippen molar-refractivity contribution in [2.45, 2.75) is 260 Å².